The number of halogens is 1. The van der Waals surface area contributed by atoms with Crippen LogP contribution in [0.4, 0.5) is 5.69 Å². The lowest BCUT2D eigenvalue weighted by atomic mass is 10.0. The number of aryl methyl sites for hydroxylation is 2. The van der Waals surface area contributed by atoms with E-state index in [9.17, 15) is 5.11 Å². The van der Waals surface area contributed by atoms with E-state index >= 15 is 0 Å². The van der Waals surface area contributed by atoms with Crippen LogP contribution < -0.4 is 5.32 Å². The molecule has 100 valence electrons. The molecule has 0 spiro atoms. The number of rotatable bonds is 4. The van der Waals surface area contributed by atoms with Gasteiger partial charge in [-0.1, -0.05) is 29.8 Å². The van der Waals surface area contributed by atoms with Crippen molar-refractivity contribution in [3.8, 4) is 0 Å². The quantitative estimate of drug-likeness (QED) is 0.880. The summed E-state index contributed by atoms with van der Waals surface area (Å²) in [6.07, 6.45) is -0.519. The summed E-state index contributed by atoms with van der Waals surface area (Å²) < 4.78 is 0. The Labute approximate surface area is 119 Å². The van der Waals surface area contributed by atoms with Gasteiger partial charge in [-0.25, -0.2) is 0 Å². The van der Waals surface area contributed by atoms with Crippen molar-refractivity contribution < 1.29 is 5.11 Å². The third-order valence-corrected chi connectivity index (χ3v) is 3.51. The van der Waals surface area contributed by atoms with Crippen molar-refractivity contribution in [1.82, 2.24) is 0 Å². The smallest absolute Gasteiger partial charge is 0.0962 e. The molecule has 0 aromatic heterocycles. The summed E-state index contributed by atoms with van der Waals surface area (Å²) in [5.41, 5.74) is 4.32. The molecule has 2 nitrogen and oxygen atoms in total. The van der Waals surface area contributed by atoms with Crippen LogP contribution in [-0.4, -0.2) is 11.7 Å². The Kier molecular flexibility index (Phi) is 4.46. The molecule has 19 heavy (non-hydrogen) atoms. The summed E-state index contributed by atoms with van der Waals surface area (Å²) in [6, 6.07) is 13.5. The van der Waals surface area contributed by atoms with E-state index in [1.165, 1.54) is 11.1 Å². The van der Waals surface area contributed by atoms with Crippen molar-refractivity contribution in [2.45, 2.75) is 20.0 Å². The van der Waals surface area contributed by atoms with E-state index < -0.39 is 6.10 Å². The van der Waals surface area contributed by atoms with Crippen molar-refractivity contribution in [3.05, 3.63) is 64.2 Å². The highest BCUT2D eigenvalue weighted by molar-refractivity contribution is 6.30. The minimum atomic E-state index is -0.519. The van der Waals surface area contributed by atoms with Gasteiger partial charge in [0, 0.05) is 17.3 Å². The first-order valence-electron chi connectivity index (χ1n) is 6.31. The van der Waals surface area contributed by atoms with Crippen molar-refractivity contribution in [1.29, 1.82) is 0 Å². The van der Waals surface area contributed by atoms with E-state index in [2.05, 4.69) is 19.2 Å². The van der Waals surface area contributed by atoms with Crippen LogP contribution in [0.3, 0.4) is 0 Å². The SMILES string of the molecule is Cc1ccc(C(O)CNc2ccc(Cl)cc2)cc1C. The molecule has 1 unspecified atom stereocenters. The second-order valence-electron chi connectivity index (χ2n) is 4.75. The molecule has 0 aliphatic heterocycles. The molecule has 0 saturated heterocycles. The van der Waals surface area contributed by atoms with E-state index in [1.807, 2.05) is 42.5 Å². The average molecular weight is 276 g/mol. The van der Waals surface area contributed by atoms with Gasteiger partial charge in [0.05, 0.1) is 6.10 Å². The maximum atomic E-state index is 10.2. The van der Waals surface area contributed by atoms with Crippen molar-refractivity contribution in [2.24, 2.45) is 0 Å². The predicted molar refractivity (Wildman–Crippen MR) is 80.8 cm³/mol. The van der Waals surface area contributed by atoms with Gasteiger partial charge >= 0.3 is 0 Å². The molecule has 0 bridgehead atoms. The number of nitrogens with one attached hydrogen (secondary N) is 1. The molecule has 3 heteroatoms. The molecule has 1 atom stereocenters. The number of hydrogen-bond donors (Lipinski definition) is 2. The molecule has 0 heterocycles. The van der Waals surface area contributed by atoms with Crippen LogP contribution in [0.5, 0.6) is 0 Å². The highest BCUT2D eigenvalue weighted by Crippen LogP contribution is 2.19. The Balaban J connectivity index is 1.98. The van der Waals surface area contributed by atoms with E-state index in [1.54, 1.807) is 0 Å². The first kappa shape index (κ1) is 13.9. The monoisotopic (exact) mass is 275 g/mol. The highest BCUT2D eigenvalue weighted by Gasteiger charge is 2.08. The van der Waals surface area contributed by atoms with Crippen molar-refractivity contribution in [2.75, 3.05) is 11.9 Å². The van der Waals surface area contributed by atoms with Gasteiger partial charge in [0.15, 0.2) is 0 Å². The molecule has 0 aliphatic rings. The van der Waals surface area contributed by atoms with E-state index in [-0.39, 0.29) is 0 Å². The number of benzene rings is 2. The zero-order valence-corrected chi connectivity index (χ0v) is 11.9. The molecule has 0 fully saturated rings. The molecular weight excluding hydrogens is 258 g/mol. The predicted octanol–water partition coefficient (Wildman–Crippen LogP) is 4.10. The fourth-order valence-electron chi connectivity index (χ4n) is 1.87. The molecule has 2 N–H and O–H groups in total. The zero-order valence-electron chi connectivity index (χ0n) is 11.2. The second kappa shape index (κ2) is 6.09. The van der Waals surface area contributed by atoms with Crippen LogP contribution in [0.15, 0.2) is 42.5 Å². The number of hydrogen-bond acceptors (Lipinski definition) is 2. The largest absolute Gasteiger partial charge is 0.387 e. The van der Waals surface area contributed by atoms with Crippen LogP contribution in [0.1, 0.15) is 22.8 Å². The summed E-state index contributed by atoms with van der Waals surface area (Å²) >= 11 is 5.83. The number of anilines is 1. The van der Waals surface area contributed by atoms with Gasteiger partial charge in [-0.2, -0.15) is 0 Å². The Morgan fingerprint density at radius 3 is 2.37 bits per heavy atom. The second-order valence-corrected chi connectivity index (χ2v) is 5.18. The maximum Gasteiger partial charge on any atom is 0.0962 e. The highest BCUT2D eigenvalue weighted by atomic mass is 35.5. The van der Waals surface area contributed by atoms with Gasteiger partial charge in [-0.3, -0.25) is 0 Å². The Hall–Kier alpha value is -1.51. The van der Waals surface area contributed by atoms with Crippen LogP contribution >= 0.6 is 11.6 Å². The third kappa shape index (κ3) is 3.72. The fourth-order valence-corrected chi connectivity index (χ4v) is 2.00. The number of aliphatic hydroxyl groups excluding tert-OH is 1. The fraction of sp³-hybridized carbons (Fsp3) is 0.250. The van der Waals surface area contributed by atoms with Gasteiger partial charge in [-0.05, 0) is 54.8 Å². The average Bonchev–Trinajstić information content (AvgIpc) is 2.41. The lowest BCUT2D eigenvalue weighted by molar-refractivity contribution is 0.191. The number of aliphatic hydroxyl groups is 1. The topological polar surface area (TPSA) is 32.3 Å². The summed E-state index contributed by atoms with van der Waals surface area (Å²) in [4.78, 5) is 0. The van der Waals surface area contributed by atoms with E-state index in [0.717, 1.165) is 11.3 Å². The van der Waals surface area contributed by atoms with Gasteiger partial charge in [0.25, 0.3) is 0 Å². The molecule has 2 rings (SSSR count). The maximum absolute atomic E-state index is 10.2. The molecule has 2 aromatic carbocycles. The molecule has 0 amide bonds. The van der Waals surface area contributed by atoms with Crippen molar-refractivity contribution >= 4 is 17.3 Å². The van der Waals surface area contributed by atoms with Crippen LogP contribution in [0, 0.1) is 13.8 Å². The summed E-state index contributed by atoms with van der Waals surface area (Å²) in [5.74, 6) is 0. The zero-order chi connectivity index (χ0) is 13.8. The van der Waals surface area contributed by atoms with Gasteiger partial charge in [0.1, 0.15) is 0 Å². The molecular formula is C16H18ClNO. The lowest BCUT2D eigenvalue weighted by Crippen LogP contribution is -2.12. The molecule has 0 radical (unpaired) electrons. The lowest BCUT2D eigenvalue weighted by Gasteiger charge is -2.14. The first-order valence-corrected chi connectivity index (χ1v) is 6.69. The van der Waals surface area contributed by atoms with Gasteiger partial charge in [-0.15, -0.1) is 0 Å². The Morgan fingerprint density at radius 2 is 1.74 bits per heavy atom. The normalized spacial score (nSPS) is 12.2. The summed E-state index contributed by atoms with van der Waals surface area (Å²) in [5, 5.41) is 14.1. The Bertz CT molecular complexity index is 551. The van der Waals surface area contributed by atoms with Crippen LogP contribution in [0.2, 0.25) is 5.02 Å². The van der Waals surface area contributed by atoms with Crippen LogP contribution in [-0.2, 0) is 0 Å². The minimum Gasteiger partial charge on any atom is -0.387 e. The molecule has 0 saturated carbocycles. The van der Waals surface area contributed by atoms with Crippen molar-refractivity contribution in [3.63, 3.8) is 0 Å². The van der Waals surface area contributed by atoms with Crippen LogP contribution in [0.25, 0.3) is 0 Å². The molecule has 2 aromatic rings. The first-order chi connectivity index (χ1) is 9.06. The minimum absolute atomic E-state index is 0.476. The van der Waals surface area contributed by atoms with E-state index in [0.29, 0.717) is 11.6 Å². The third-order valence-electron chi connectivity index (χ3n) is 3.26. The summed E-state index contributed by atoms with van der Waals surface area (Å²) in [6.45, 7) is 4.60. The Morgan fingerprint density at radius 1 is 1.05 bits per heavy atom. The summed E-state index contributed by atoms with van der Waals surface area (Å²) in [7, 11) is 0. The standard InChI is InChI=1S/C16H18ClNO/c1-11-3-4-13(9-12(11)2)16(19)10-18-15-7-5-14(17)6-8-15/h3-9,16,18-19H,10H2,1-2H3. The van der Waals surface area contributed by atoms with E-state index in [4.69, 9.17) is 11.6 Å². The van der Waals surface area contributed by atoms with Gasteiger partial charge in [0.2, 0.25) is 0 Å². The van der Waals surface area contributed by atoms with Gasteiger partial charge < -0.3 is 10.4 Å². The molecule has 0 aliphatic carbocycles.